The van der Waals surface area contributed by atoms with E-state index in [9.17, 15) is 24.0 Å². The lowest BCUT2D eigenvalue weighted by Crippen LogP contribution is -2.61. The molecule has 1 aliphatic heterocycles. The van der Waals surface area contributed by atoms with Gasteiger partial charge in [-0.3, -0.25) is 19.2 Å². The van der Waals surface area contributed by atoms with Gasteiger partial charge in [-0.05, 0) is 46.0 Å². The van der Waals surface area contributed by atoms with Crippen LogP contribution in [0.15, 0.2) is 12.2 Å². The van der Waals surface area contributed by atoms with Gasteiger partial charge in [0.2, 0.25) is 17.7 Å². The normalized spacial score (nSPS) is 16.5. The molecule has 4 N–H and O–H groups in total. The van der Waals surface area contributed by atoms with Crippen molar-refractivity contribution in [3.8, 4) is 0 Å². The summed E-state index contributed by atoms with van der Waals surface area (Å²) in [5, 5.41) is 16.4. The highest BCUT2D eigenvalue weighted by molar-refractivity contribution is 5.96. The van der Waals surface area contributed by atoms with E-state index in [0.29, 0.717) is 25.8 Å². The summed E-state index contributed by atoms with van der Waals surface area (Å²) in [7, 11) is 0. The van der Waals surface area contributed by atoms with E-state index < -0.39 is 18.1 Å². The van der Waals surface area contributed by atoms with Crippen LogP contribution in [0.25, 0.3) is 0 Å². The number of aliphatic carboxylic acids is 1. The molecule has 9 heteroatoms. The molecule has 1 fully saturated rings. The number of nitrogens with one attached hydrogen (secondary N) is 3. The number of hydrogen-bond donors (Lipinski definition) is 4. The van der Waals surface area contributed by atoms with Gasteiger partial charge >= 0.3 is 5.97 Å². The highest BCUT2D eigenvalue weighted by atomic mass is 16.4. The number of carbonyl (C=O) groups excluding carboxylic acids is 4. The number of rotatable bonds is 14. The van der Waals surface area contributed by atoms with E-state index in [-0.39, 0.29) is 42.8 Å². The van der Waals surface area contributed by atoms with Crippen molar-refractivity contribution in [2.75, 3.05) is 6.54 Å². The first-order valence-electron chi connectivity index (χ1n) is 12.3. The summed E-state index contributed by atoms with van der Waals surface area (Å²) in [4.78, 5) is 56.1. The monoisotopic (exact) mass is 483 g/mol. The van der Waals surface area contributed by atoms with Crippen LogP contribution in [0.5, 0.6) is 0 Å². The lowest BCUT2D eigenvalue weighted by atomic mass is 10.0. The fourth-order valence-corrected chi connectivity index (χ4v) is 2.89. The number of amides is 3. The highest BCUT2D eigenvalue weighted by Gasteiger charge is 2.32. The smallest absolute Gasteiger partial charge is 0.303 e. The molecule has 1 rings (SSSR count). The zero-order valence-electron chi connectivity index (χ0n) is 21.6. The Bertz CT molecular complexity index is 649. The van der Waals surface area contributed by atoms with Crippen LogP contribution in [-0.4, -0.2) is 53.2 Å². The molecule has 2 unspecified atom stereocenters. The molecule has 1 heterocycles. The first-order valence-corrected chi connectivity index (χ1v) is 12.3. The van der Waals surface area contributed by atoms with Crippen LogP contribution in [-0.2, 0) is 24.0 Å². The molecule has 0 saturated carbocycles. The molecule has 0 bridgehead atoms. The third-order valence-corrected chi connectivity index (χ3v) is 4.82. The van der Waals surface area contributed by atoms with Crippen LogP contribution < -0.4 is 16.0 Å². The number of unbranched alkanes of at least 4 members (excludes halogenated alkanes) is 2. The molecule has 196 valence electrons. The van der Waals surface area contributed by atoms with Crippen molar-refractivity contribution in [2.24, 2.45) is 0 Å². The number of ketones is 1. The Balaban J connectivity index is 0. The van der Waals surface area contributed by atoms with Crippen LogP contribution >= 0.6 is 0 Å². The van der Waals surface area contributed by atoms with Gasteiger partial charge in [-0.2, -0.15) is 0 Å². The van der Waals surface area contributed by atoms with Crippen molar-refractivity contribution in [3.05, 3.63) is 12.2 Å². The Labute approximate surface area is 204 Å². The van der Waals surface area contributed by atoms with E-state index in [1.165, 1.54) is 6.92 Å². The highest BCUT2D eigenvalue weighted by Crippen LogP contribution is 2.10. The number of hydrogen-bond acceptors (Lipinski definition) is 5. The van der Waals surface area contributed by atoms with E-state index in [1.54, 1.807) is 0 Å². The second-order valence-electron chi connectivity index (χ2n) is 8.16. The fourth-order valence-electron chi connectivity index (χ4n) is 2.89. The van der Waals surface area contributed by atoms with Crippen molar-refractivity contribution >= 4 is 29.5 Å². The average Bonchev–Trinajstić information content (AvgIpc) is 2.78. The van der Waals surface area contributed by atoms with Gasteiger partial charge in [-0.15, -0.1) is 6.58 Å². The second kappa shape index (κ2) is 20.9. The van der Waals surface area contributed by atoms with E-state index in [1.807, 2.05) is 27.7 Å². The standard InChI is InChI=1S/C17H29N3O4.C6H10O2.C2H6/c1-3-4-7-13-16(23)20-14(17(24)19-13)8-5-6-11-18-15(22)10-9-12(2)21;1-5(2)3-4-6(7)8;1-2/h13-14H,3-11H2,1-2H3,(H,18,22)(H,19,24)(H,20,23);1,3-4H2,2H3,(H,7,8);1-2H3. The van der Waals surface area contributed by atoms with Crippen LogP contribution in [0.4, 0.5) is 0 Å². The zero-order valence-corrected chi connectivity index (χ0v) is 21.6. The molecule has 0 spiro atoms. The molecule has 1 saturated heterocycles. The van der Waals surface area contributed by atoms with Gasteiger partial charge in [0.05, 0.1) is 0 Å². The van der Waals surface area contributed by atoms with Gasteiger partial charge in [-0.25, -0.2) is 0 Å². The maximum atomic E-state index is 12.0. The number of carboxylic acids is 1. The Kier molecular flexibility index (Phi) is 20.5. The minimum atomic E-state index is -0.756. The lowest BCUT2D eigenvalue weighted by Gasteiger charge is -2.29. The molecule has 3 amide bonds. The van der Waals surface area contributed by atoms with Crippen molar-refractivity contribution < 1.29 is 29.1 Å². The Morgan fingerprint density at radius 3 is 1.82 bits per heavy atom. The maximum Gasteiger partial charge on any atom is 0.303 e. The van der Waals surface area contributed by atoms with Crippen LogP contribution in [0, 0.1) is 0 Å². The van der Waals surface area contributed by atoms with Gasteiger partial charge in [-0.1, -0.05) is 39.2 Å². The summed E-state index contributed by atoms with van der Waals surface area (Å²) in [6, 6.07) is -0.891. The number of carbonyl (C=O) groups is 5. The first kappa shape index (κ1) is 33.5. The van der Waals surface area contributed by atoms with E-state index >= 15 is 0 Å². The third kappa shape index (κ3) is 18.8. The van der Waals surface area contributed by atoms with Crippen LogP contribution in [0.2, 0.25) is 0 Å². The summed E-state index contributed by atoms with van der Waals surface area (Å²) in [5.41, 5.74) is 0.924. The predicted molar refractivity (Wildman–Crippen MR) is 133 cm³/mol. The number of carboxylic acid groups (broad SMARTS) is 1. The van der Waals surface area contributed by atoms with Gasteiger partial charge in [0.25, 0.3) is 0 Å². The maximum absolute atomic E-state index is 12.0. The molecule has 0 aromatic heterocycles. The summed E-state index contributed by atoms with van der Waals surface area (Å²) < 4.78 is 0. The molecule has 0 aromatic rings. The quantitative estimate of drug-likeness (QED) is 0.221. The van der Waals surface area contributed by atoms with Crippen molar-refractivity contribution in [3.63, 3.8) is 0 Å². The molecule has 34 heavy (non-hydrogen) atoms. The Morgan fingerprint density at radius 2 is 1.41 bits per heavy atom. The molecule has 0 aliphatic carbocycles. The van der Waals surface area contributed by atoms with Gasteiger partial charge in [0.15, 0.2) is 0 Å². The van der Waals surface area contributed by atoms with Gasteiger partial charge < -0.3 is 25.9 Å². The Hall–Kier alpha value is -2.71. The molecule has 0 aromatic carbocycles. The number of allylic oxidation sites excluding steroid dienone is 1. The zero-order chi connectivity index (χ0) is 26.5. The van der Waals surface area contributed by atoms with Crippen LogP contribution in [0.3, 0.4) is 0 Å². The summed E-state index contributed by atoms with van der Waals surface area (Å²) in [6.07, 6.45) is 5.86. The minimum Gasteiger partial charge on any atom is -0.481 e. The molecular formula is C25H45N3O6. The predicted octanol–water partition coefficient (Wildman–Crippen LogP) is 3.27. The number of piperazine rings is 1. The van der Waals surface area contributed by atoms with Gasteiger partial charge in [0.1, 0.15) is 17.9 Å². The minimum absolute atomic E-state index is 0.00134. The molecule has 1 aliphatic rings. The van der Waals surface area contributed by atoms with E-state index in [0.717, 1.165) is 31.3 Å². The topological polar surface area (TPSA) is 142 Å². The number of Topliss-reactive ketones (excluding diaryl/α,β-unsaturated/α-hetero) is 1. The second-order valence-corrected chi connectivity index (χ2v) is 8.16. The summed E-state index contributed by atoms with van der Waals surface area (Å²) >= 11 is 0. The Morgan fingerprint density at radius 1 is 0.882 bits per heavy atom. The average molecular weight is 484 g/mol. The van der Waals surface area contributed by atoms with Crippen molar-refractivity contribution in [1.82, 2.24) is 16.0 Å². The van der Waals surface area contributed by atoms with E-state index in [2.05, 4.69) is 22.5 Å². The molecule has 2 atom stereocenters. The van der Waals surface area contributed by atoms with Gasteiger partial charge in [0, 0.05) is 25.8 Å². The van der Waals surface area contributed by atoms with Crippen LogP contribution in [0.1, 0.15) is 98.8 Å². The fraction of sp³-hybridized carbons (Fsp3) is 0.720. The first-order chi connectivity index (χ1) is 16.1. The summed E-state index contributed by atoms with van der Waals surface area (Å²) in [6.45, 7) is 13.4. The lowest BCUT2D eigenvalue weighted by molar-refractivity contribution is -0.137. The molecular weight excluding hydrogens is 438 g/mol. The van der Waals surface area contributed by atoms with Crippen molar-refractivity contribution in [1.29, 1.82) is 0 Å². The summed E-state index contributed by atoms with van der Waals surface area (Å²) in [5.74, 6) is -1.12. The SMILES string of the molecule is C=C(C)CCC(=O)O.CC.CCCCC1NC(=O)C(CCCCNC(=O)CCC(C)=O)NC1=O. The largest absolute Gasteiger partial charge is 0.481 e. The van der Waals surface area contributed by atoms with E-state index in [4.69, 9.17) is 5.11 Å². The van der Waals surface area contributed by atoms with Crippen molar-refractivity contribution in [2.45, 2.75) is 111 Å². The molecule has 9 nitrogen and oxygen atoms in total. The third-order valence-electron chi connectivity index (χ3n) is 4.82. The molecule has 0 radical (unpaired) electrons.